The number of hydrogen-bond donors (Lipinski definition) is 2. The van der Waals surface area contributed by atoms with Gasteiger partial charge in [0, 0.05) is 50.6 Å². The van der Waals surface area contributed by atoms with E-state index in [1.807, 2.05) is 38.4 Å². The molecule has 0 aliphatic heterocycles. The van der Waals surface area contributed by atoms with Crippen molar-refractivity contribution in [2.75, 3.05) is 26.2 Å². The molecule has 0 aliphatic carbocycles. The van der Waals surface area contributed by atoms with Crippen LogP contribution >= 0.6 is 0 Å². The van der Waals surface area contributed by atoms with E-state index < -0.39 is 0 Å². The Labute approximate surface area is 130 Å². The molecule has 0 bridgehead atoms. The van der Waals surface area contributed by atoms with Gasteiger partial charge in [0.15, 0.2) is 0 Å². The molecule has 0 fully saturated rings. The number of aryl methyl sites for hydroxylation is 2. The molecular formula is C16H23N5O. The molecule has 0 unspecified atom stereocenters. The van der Waals surface area contributed by atoms with Crippen molar-refractivity contribution in [3.8, 4) is 11.1 Å². The zero-order chi connectivity index (χ0) is 16.1. The first-order valence-corrected chi connectivity index (χ1v) is 7.36. The van der Waals surface area contributed by atoms with Gasteiger partial charge in [-0.15, -0.1) is 0 Å². The van der Waals surface area contributed by atoms with Gasteiger partial charge < -0.3 is 16.4 Å². The molecule has 118 valence electrons. The monoisotopic (exact) mass is 301 g/mol. The molecule has 6 heteroatoms. The standard InChI is InChI=1S/C16H23N5O/c1-12-3-4-13(16(22)21(7-5-17)8-6-18)9-15(12)14-10-19-20(2)11-14/h3-4,9-11H,5-8,17-18H2,1-2H3. The predicted molar refractivity (Wildman–Crippen MR) is 87.4 cm³/mol. The number of nitrogens with zero attached hydrogens (tertiary/aromatic N) is 3. The average molecular weight is 301 g/mol. The average Bonchev–Trinajstić information content (AvgIpc) is 2.93. The maximum atomic E-state index is 12.6. The fourth-order valence-corrected chi connectivity index (χ4v) is 2.44. The van der Waals surface area contributed by atoms with Crippen LogP contribution in [0.5, 0.6) is 0 Å². The number of benzene rings is 1. The number of nitrogens with two attached hydrogens (primary N) is 2. The Kier molecular flexibility index (Phi) is 5.30. The molecule has 0 saturated heterocycles. The summed E-state index contributed by atoms with van der Waals surface area (Å²) < 4.78 is 1.75. The minimum absolute atomic E-state index is 0.0407. The van der Waals surface area contributed by atoms with Crippen LogP contribution in [0.15, 0.2) is 30.6 Å². The van der Waals surface area contributed by atoms with Crippen LogP contribution in [0.25, 0.3) is 11.1 Å². The molecular weight excluding hydrogens is 278 g/mol. The second-order valence-corrected chi connectivity index (χ2v) is 5.30. The highest BCUT2D eigenvalue weighted by Crippen LogP contribution is 2.24. The van der Waals surface area contributed by atoms with Crippen molar-refractivity contribution < 1.29 is 4.79 Å². The minimum Gasteiger partial charge on any atom is -0.336 e. The van der Waals surface area contributed by atoms with Gasteiger partial charge in [0.1, 0.15) is 0 Å². The number of carbonyl (C=O) groups excluding carboxylic acids is 1. The van der Waals surface area contributed by atoms with Gasteiger partial charge in [0.05, 0.1) is 6.20 Å². The highest BCUT2D eigenvalue weighted by atomic mass is 16.2. The Hall–Kier alpha value is -2.18. The third kappa shape index (κ3) is 3.52. The van der Waals surface area contributed by atoms with Crippen LogP contribution < -0.4 is 11.5 Å². The van der Waals surface area contributed by atoms with Crippen LogP contribution in [-0.4, -0.2) is 46.8 Å². The SMILES string of the molecule is Cc1ccc(C(=O)N(CCN)CCN)cc1-c1cnn(C)c1. The normalized spacial score (nSPS) is 10.7. The zero-order valence-electron chi connectivity index (χ0n) is 13.1. The zero-order valence-corrected chi connectivity index (χ0v) is 13.1. The second-order valence-electron chi connectivity index (χ2n) is 5.30. The van der Waals surface area contributed by atoms with Gasteiger partial charge in [-0.25, -0.2) is 0 Å². The van der Waals surface area contributed by atoms with E-state index >= 15 is 0 Å². The maximum absolute atomic E-state index is 12.6. The first-order valence-electron chi connectivity index (χ1n) is 7.36. The summed E-state index contributed by atoms with van der Waals surface area (Å²) in [5.41, 5.74) is 14.9. The summed E-state index contributed by atoms with van der Waals surface area (Å²) in [5, 5.41) is 4.19. The fraction of sp³-hybridized carbons (Fsp3) is 0.375. The molecule has 0 aliphatic rings. The summed E-state index contributed by atoms with van der Waals surface area (Å²) in [6.07, 6.45) is 3.74. The van der Waals surface area contributed by atoms with Gasteiger partial charge in [-0.05, 0) is 30.2 Å². The molecule has 4 N–H and O–H groups in total. The van der Waals surface area contributed by atoms with Crippen LogP contribution in [0.4, 0.5) is 0 Å². The molecule has 0 spiro atoms. The van der Waals surface area contributed by atoms with Crippen molar-refractivity contribution in [1.29, 1.82) is 0 Å². The molecule has 1 amide bonds. The second kappa shape index (κ2) is 7.20. The Morgan fingerprint density at radius 3 is 2.50 bits per heavy atom. The molecule has 0 atom stereocenters. The molecule has 0 radical (unpaired) electrons. The first-order chi connectivity index (χ1) is 10.6. The van der Waals surface area contributed by atoms with Crippen molar-refractivity contribution in [2.24, 2.45) is 18.5 Å². The summed E-state index contributed by atoms with van der Waals surface area (Å²) >= 11 is 0. The lowest BCUT2D eigenvalue weighted by Gasteiger charge is -2.21. The van der Waals surface area contributed by atoms with E-state index in [9.17, 15) is 4.79 Å². The smallest absolute Gasteiger partial charge is 0.253 e. The number of carbonyl (C=O) groups is 1. The van der Waals surface area contributed by atoms with Crippen LogP contribution in [-0.2, 0) is 7.05 Å². The molecule has 6 nitrogen and oxygen atoms in total. The lowest BCUT2D eigenvalue weighted by Crippen LogP contribution is -2.38. The van der Waals surface area contributed by atoms with E-state index in [1.165, 1.54) is 0 Å². The van der Waals surface area contributed by atoms with Crippen LogP contribution in [0.2, 0.25) is 0 Å². The lowest BCUT2D eigenvalue weighted by molar-refractivity contribution is 0.0765. The maximum Gasteiger partial charge on any atom is 0.253 e. The van der Waals surface area contributed by atoms with E-state index in [-0.39, 0.29) is 5.91 Å². The molecule has 1 heterocycles. The summed E-state index contributed by atoms with van der Waals surface area (Å²) in [6, 6.07) is 5.71. The van der Waals surface area contributed by atoms with Crippen LogP contribution in [0.1, 0.15) is 15.9 Å². The van der Waals surface area contributed by atoms with E-state index in [0.29, 0.717) is 31.7 Å². The number of hydrogen-bond acceptors (Lipinski definition) is 4. The fourth-order valence-electron chi connectivity index (χ4n) is 2.44. The summed E-state index contributed by atoms with van der Waals surface area (Å²) in [5.74, 6) is -0.0407. The van der Waals surface area contributed by atoms with E-state index in [2.05, 4.69) is 5.10 Å². The minimum atomic E-state index is -0.0407. The topological polar surface area (TPSA) is 90.2 Å². The third-order valence-electron chi connectivity index (χ3n) is 3.59. The van der Waals surface area contributed by atoms with Crippen LogP contribution in [0.3, 0.4) is 0 Å². The van der Waals surface area contributed by atoms with Crippen molar-refractivity contribution in [3.05, 3.63) is 41.7 Å². The van der Waals surface area contributed by atoms with Crippen molar-refractivity contribution in [3.63, 3.8) is 0 Å². The molecule has 22 heavy (non-hydrogen) atoms. The molecule has 2 aromatic rings. The predicted octanol–water partition coefficient (Wildman–Crippen LogP) is 0.755. The Bertz CT molecular complexity index is 644. The Morgan fingerprint density at radius 1 is 1.27 bits per heavy atom. The van der Waals surface area contributed by atoms with E-state index in [0.717, 1.165) is 16.7 Å². The number of amides is 1. The molecule has 1 aromatic carbocycles. The Balaban J connectivity index is 2.34. The van der Waals surface area contributed by atoms with E-state index in [1.54, 1.807) is 15.8 Å². The molecule has 0 saturated carbocycles. The summed E-state index contributed by atoms with van der Waals surface area (Å²) in [6.45, 7) is 3.88. The highest BCUT2D eigenvalue weighted by Gasteiger charge is 2.16. The molecule has 1 aromatic heterocycles. The van der Waals surface area contributed by atoms with Crippen molar-refractivity contribution >= 4 is 5.91 Å². The summed E-state index contributed by atoms with van der Waals surface area (Å²) in [7, 11) is 1.87. The van der Waals surface area contributed by atoms with Gasteiger partial charge in [-0.1, -0.05) is 6.07 Å². The third-order valence-corrected chi connectivity index (χ3v) is 3.59. The van der Waals surface area contributed by atoms with Gasteiger partial charge in [-0.3, -0.25) is 9.48 Å². The quantitative estimate of drug-likeness (QED) is 0.824. The van der Waals surface area contributed by atoms with E-state index in [4.69, 9.17) is 11.5 Å². The van der Waals surface area contributed by atoms with Crippen molar-refractivity contribution in [1.82, 2.24) is 14.7 Å². The van der Waals surface area contributed by atoms with Gasteiger partial charge >= 0.3 is 0 Å². The largest absolute Gasteiger partial charge is 0.336 e. The van der Waals surface area contributed by atoms with Gasteiger partial charge in [0.2, 0.25) is 0 Å². The molecule has 2 rings (SSSR count). The summed E-state index contributed by atoms with van der Waals surface area (Å²) in [4.78, 5) is 14.3. The number of rotatable bonds is 6. The first kappa shape index (κ1) is 16.2. The van der Waals surface area contributed by atoms with Gasteiger partial charge in [0.25, 0.3) is 5.91 Å². The van der Waals surface area contributed by atoms with Crippen molar-refractivity contribution in [2.45, 2.75) is 6.92 Å². The lowest BCUT2D eigenvalue weighted by atomic mass is 10.00. The van der Waals surface area contributed by atoms with Crippen LogP contribution in [0, 0.1) is 6.92 Å². The van der Waals surface area contributed by atoms with Gasteiger partial charge in [-0.2, -0.15) is 5.10 Å². The number of aromatic nitrogens is 2. The highest BCUT2D eigenvalue weighted by molar-refractivity contribution is 5.95. The Morgan fingerprint density at radius 2 is 1.95 bits per heavy atom.